The highest BCUT2D eigenvalue weighted by Gasteiger charge is 2.48. The molecule has 0 heterocycles. The Hall–Kier alpha value is -1.75. The van der Waals surface area contributed by atoms with Crippen LogP contribution in [0.25, 0.3) is 0 Å². The summed E-state index contributed by atoms with van der Waals surface area (Å²) in [6.07, 6.45) is 0.519. The fraction of sp³-hybridized carbons (Fsp3) is 0.222. The van der Waals surface area contributed by atoms with E-state index < -0.39 is 0 Å². The summed E-state index contributed by atoms with van der Waals surface area (Å²) in [5.41, 5.74) is 1.32. The average molecular weight is 398 g/mol. The lowest BCUT2D eigenvalue weighted by Gasteiger charge is -2.08. The van der Waals surface area contributed by atoms with Crippen molar-refractivity contribution in [1.29, 1.82) is 0 Å². The Morgan fingerprint density at radius 3 is 2.40 bits per heavy atom. The van der Waals surface area contributed by atoms with E-state index >= 15 is 0 Å². The Balaban J connectivity index is 1.52. The normalized spacial score (nSPS) is 18.5. The van der Waals surface area contributed by atoms with Crippen LogP contribution in [0.1, 0.15) is 12.0 Å². The van der Waals surface area contributed by atoms with Gasteiger partial charge in [-0.15, -0.1) is 0 Å². The van der Waals surface area contributed by atoms with E-state index in [-0.39, 0.29) is 23.7 Å². The molecule has 0 aromatic heterocycles. The molecule has 2 aromatic carbocycles. The predicted molar refractivity (Wildman–Crippen MR) is 100.0 cm³/mol. The van der Waals surface area contributed by atoms with Crippen LogP contribution in [-0.2, 0) is 16.1 Å². The molecule has 25 heavy (non-hydrogen) atoms. The monoisotopic (exact) mass is 396 g/mol. The predicted octanol–water partition coefficient (Wildman–Crippen LogP) is 4.54. The average Bonchev–Trinajstić information content (AvgIpc) is 3.37. The van der Waals surface area contributed by atoms with Gasteiger partial charge in [-0.05, 0) is 36.2 Å². The molecule has 0 saturated heterocycles. The Labute approximate surface area is 160 Å². The second-order valence-electron chi connectivity index (χ2n) is 5.87. The van der Waals surface area contributed by atoms with Crippen LogP contribution in [0, 0.1) is 11.8 Å². The van der Waals surface area contributed by atoms with Crippen LogP contribution < -0.4 is 10.6 Å². The molecule has 2 unspecified atom stereocenters. The van der Waals surface area contributed by atoms with Gasteiger partial charge in [-0.1, -0.05) is 53.0 Å². The van der Waals surface area contributed by atoms with Gasteiger partial charge in [0.25, 0.3) is 0 Å². The maximum Gasteiger partial charge on any atom is 0.228 e. The van der Waals surface area contributed by atoms with Gasteiger partial charge in [-0.25, -0.2) is 0 Å². The van der Waals surface area contributed by atoms with Gasteiger partial charge in [0.05, 0.1) is 22.5 Å². The lowest BCUT2D eigenvalue weighted by molar-refractivity contribution is -0.125. The van der Waals surface area contributed by atoms with Crippen LogP contribution >= 0.6 is 34.8 Å². The Kier molecular flexibility index (Phi) is 5.52. The number of anilines is 1. The summed E-state index contributed by atoms with van der Waals surface area (Å²) in [6.45, 7) is 0.340. The molecule has 0 aliphatic heterocycles. The quantitative estimate of drug-likeness (QED) is 0.778. The van der Waals surface area contributed by atoms with Gasteiger partial charge in [0.2, 0.25) is 11.8 Å². The first kappa shape index (κ1) is 18.1. The molecule has 1 saturated carbocycles. The standard InChI is InChI=1S/C18H15Cl3N2O2/c19-11-5-6-16(15(21)7-11)23-18(25)13-8-12(13)17(24)22-9-10-3-1-2-4-14(10)20/h1-7,12-13H,8-9H2,(H,22,24)(H,23,25). The van der Waals surface area contributed by atoms with Crippen LogP contribution in [0.15, 0.2) is 42.5 Å². The minimum Gasteiger partial charge on any atom is -0.352 e. The summed E-state index contributed by atoms with van der Waals surface area (Å²) in [7, 11) is 0. The third kappa shape index (κ3) is 4.46. The van der Waals surface area contributed by atoms with Crippen LogP contribution in [-0.4, -0.2) is 11.8 Å². The highest BCUT2D eigenvalue weighted by atomic mass is 35.5. The third-order valence-electron chi connectivity index (χ3n) is 4.06. The van der Waals surface area contributed by atoms with E-state index in [1.165, 1.54) is 0 Å². The Morgan fingerprint density at radius 1 is 0.960 bits per heavy atom. The van der Waals surface area contributed by atoms with E-state index in [2.05, 4.69) is 10.6 Å². The first-order valence-electron chi connectivity index (χ1n) is 7.72. The van der Waals surface area contributed by atoms with E-state index in [1.807, 2.05) is 18.2 Å². The lowest BCUT2D eigenvalue weighted by atomic mass is 10.2. The van der Waals surface area contributed by atoms with E-state index in [0.29, 0.717) is 33.7 Å². The molecule has 1 aliphatic carbocycles. The van der Waals surface area contributed by atoms with Gasteiger partial charge in [0.15, 0.2) is 0 Å². The van der Waals surface area contributed by atoms with E-state index in [4.69, 9.17) is 34.8 Å². The maximum absolute atomic E-state index is 12.3. The van der Waals surface area contributed by atoms with Crippen LogP contribution in [0.5, 0.6) is 0 Å². The van der Waals surface area contributed by atoms with Crippen molar-refractivity contribution in [1.82, 2.24) is 5.32 Å². The highest BCUT2D eigenvalue weighted by Crippen LogP contribution is 2.40. The molecule has 2 amide bonds. The molecular formula is C18H15Cl3N2O2. The molecule has 1 fully saturated rings. The summed E-state index contributed by atoms with van der Waals surface area (Å²) in [5, 5.41) is 7.02. The minimum atomic E-state index is -0.349. The molecule has 1 aliphatic rings. The summed E-state index contributed by atoms with van der Waals surface area (Å²) in [5.74, 6) is -1.05. The zero-order valence-electron chi connectivity index (χ0n) is 13.1. The number of nitrogens with one attached hydrogen (secondary N) is 2. The summed E-state index contributed by atoms with van der Waals surface area (Å²) >= 11 is 17.9. The van der Waals surface area contributed by atoms with Gasteiger partial charge < -0.3 is 10.6 Å². The Bertz CT molecular complexity index is 826. The third-order valence-corrected chi connectivity index (χ3v) is 4.98. The molecule has 0 bridgehead atoms. The first-order valence-corrected chi connectivity index (χ1v) is 8.86. The van der Waals surface area contributed by atoms with Gasteiger partial charge in [0, 0.05) is 16.6 Å². The van der Waals surface area contributed by atoms with Crippen molar-refractivity contribution in [2.24, 2.45) is 11.8 Å². The molecule has 130 valence electrons. The van der Waals surface area contributed by atoms with Crippen molar-refractivity contribution < 1.29 is 9.59 Å². The number of benzene rings is 2. The van der Waals surface area contributed by atoms with Crippen molar-refractivity contribution in [3.63, 3.8) is 0 Å². The van der Waals surface area contributed by atoms with Gasteiger partial charge in [-0.3, -0.25) is 9.59 Å². The zero-order chi connectivity index (χ0) is 18.0. The number of hydrogen-bond acceptors (Lipinski definition) is 2. The molecule has 3 rings (SSSR count). The summed E-state index contributed by atoms with van der Waals surface area (Å²) in [6, 6.07) is 12.1. The second kappa shape index (κ2) is 7.65. The van der Waals surface area contributed by atoms with Crippen molar-refractivity contribution >= 4 is 52.3 Å². The number of halogens is 3. The molecule has 2 atom stereocenters. The second-order valence-corrected chi connectivity index (χ2v) is 7.12. The smallest absolute Gasteiger partial charge is 0.228 e. The van der Waals surface area contributed by atoms with E-state index in [1.54, 1.807) is 24.3 Å². The maximum atomic E-state index is 12.3. The lowest BCUT2D eigenvalue weighted by Crippen LogP contribution is -2.27. The molecule has 4 nitrogen and oxygen atoms in total. The zero-order valence-corrected chi connectivity index (χ0v) is 15.3. The summed E-state index contributed by atoms with van der Waals surface area (Å²) in [4.78, 5) is 24.4. The largest absolute Gasteiger partial charge is 0.352 e. The molecule has 0 radical (unpaired) electrons. The van der Waals surface area contributed by atoms with Crippen LogP contribution in [0.4, 0.5) is 5.69 Å². The van der Waals surface area contributed by atoms with E-state index in [9.17, 15) is 9.59 Å². The first-order chi connectivity index (χ1) is 12.0. The molecule has 7 heteroatoms. The fourth-order valence-corrected chi connectivity index (χ4v) is 3.20. The van der Waals surface area contributed by atoms with Gasteiger partial charge in [0.1, 0.15) is 0 Å². The fourth-order valence-electron chi connectivity index (χ4n) is 2.55. The number of carbonyl (C=O) groups is 2. The van der Waals surface area contributed by atoms with E-state index in [0.717, 1.165) is 5.56 Å². The number of rotatable bonds is 5. The van der Waals surface area contributed by atoms with Crippen molar-refractivity contribution in [2.75, 3.05) is 5.32 Å². The van der Waals surface area contributed by atoms with Crippen molar-refractivity contribution in [3.05, 3.63) is 63.1 Å². The number of amides is 2. The SMILES string of the molecule is O=C(NCc1ccccc1Cl)C1CC1C(=O)Nc1ccc(Cl)cc1Cl. The van der Waals surface area contributed by atoms with Crippen molar-refractivity contribution in [2.45, 2.75) is 13.0 Å². The number of hydrogen-bond donors (Lipinski definition) is 2. The molecule has 2 aromatic rings. The van der Waals surface area contributed by atoms with Crippen LogP contribution in [0.2, 0.25) is 15.1 Å². The molecular weight excluding hydrogens is 383 g/mol. The van der Waals surface area contributed by atoms with Crippen LogP contribution in [0.3, 0.4) is 0 Å². The minimum absolute atomic E-state index is 0.151. The highest BCUT2D eigenvalue weighted by molar-refractivity contribution is 6.36. The van der Waals surface area contributed by atoms with Crippen molar-refractivity contribution in [3.8, 4) is 0 Å². The topological polar surface area (TPSA) is 58.2 Å². The molecule has 0 spiro atoms. The van der Waals surface area contributed by atoms with Gasteiger partial charge >= 0.3 is 0 Å². The number of carbonyl (C=O) groups excluding carboxylic acids is 2. The Morgan fingerprint density at radius 2 is 1.68 bits per heavy atom. The summed E-state index contributed by atoms with van der Waals surface area (Å²) < 4.78 is 0. The molecule has 2 N–H and O–H groups in total. The van der Waals surface area contributed by atoms with Gasteiger partial charge in [-0.2, -0.15) is 0 Å².